The number of nitriles is 2. The molecule has 48 heavy (non-hydrogen) atoms. The lowest BCUT2D eigenvalue weighted by molar-refractivity contribution is -0.138. The van der Waals surface area contributed by atoms with Gasteiger partial charge in [0, 0.05) is 21.5 Å². The summed E-state index contributed by atoms with van der Waals surface area (Å²) < 4.78 is 109. The molecule has 0 aliphatic rings. The van der Waals surface area contributed by atoms with Gasteiger partial charge in [-0.25, -0.2) is 18.7 Å². The summed E-state index contributed by atoms with van der Waals surface area (Å²) in [5.74, 6) is -2.20. The Balaban J connectivity index is 1.49. The van der Waals surface area contributed by atoms with Crippen LogP contribution in [-0.2, 0) is 12.4 Å². The van der Waals surface area contributed by atoms with Crippen LogP contribution in [0.3, 0.4) is 0 Å². The van der Waals surface area contributed by atoms with Crippen molar-refractivity contribution < 1.29 is 35.1 Å². The molecule has 0 fully saturated rings. The fourth-order valence-electron chi connectivity index (χ4n) is 5.82. The van der Waals surface area contributed by atoms with E-state index in [9.17, 15) is 45.6 Å². The van der Waals surface area contributed by atoms with Gasteiger partial charge >= 0.3 is 12.4 Å². The number of halogens is 8. The second-order valence-corrected chi connectivity index (χ2v) is 10.7. The minimum absolute atomic E-state index is 0.0374. The van der Waals surface area contributed by atoms with E-state index in [1.807, 2.05) is 0 Å². The van der Waals surface area contributed by atoms with E-state index in [1.165, 1.54) is 36.4 Å². The summed E-state index contributed by atoms with van der Waals surface area (Å²) in [6, 6.07) is 13.0. The second kappa shape index (κ2) is 10.6. The first-order valence-electron chi connectivity index (χ1n) is 13.7. The van der Waals surface area contributed by atoms with Crippen LogP contribution in [0, 0.1) is 34.5 Å². The zero-order valence-electron chi connectivity index (χ0n) is 23.6. The second-order valence-electron chi connectivity index (χ2n) is 10.7. The molecule has 7 rings (SSSR count). The van der Waals surface area contributed by atoms with Gasteiger partial charge < -0.3 is 0 Å². The predicted molar refractivity (Wildman–Crippen MR) is 158 cm³/mol. The maximum atomic E-state index is 14.2. The van der Waals surface area contributed by atoms with Crippen molar-refractivity contribution in [2.24, 2.45) is 9.98 Å². The van der Waals surface area contributed by atoms with E-state index in [-0.39, 0.29) is 65.8 Å². The fraction of sp³-hybridized carbons (Fsp3) is 0.0588. The molecule has 6 aromatic carbocycles. The van der Waals surface area contributed by atoms with E-state index in [2.05, 4.69) is 9.98 Å². The summed E-state index contributed by atoms with van der Waals surface area (Å²) in [4.78, 5) is 17.2. The number of hydrogen-bond acceptors (Lipinski definition) is 6. The van der Waals surface area contributed by atoms with E-state index < -0.39 is 35.1 Å². The summed E-state index contributed by atoms with van der Waals surface area (Å²) in [5.41, 5.74) is -1.45. The number of alkyl halides is 6. The summed E-state index contributed by atoms with van der Waals surface area (Å²) >= 11 is 0. The molecular weight excluding hydrogens is 644 g/mol. The SMILES string of the molecule is N#C/N=c1/c2cc(-c3cc(F)cc(C(F)(F)F)c3)ccc2c2nc3/c(=N/C#N)c4cc(-c5cc(F)cc(C(F)(F)F)c5)ccc4c3nc12. The van der Waals surface area contributed by atoms with Crippen LogP contribution in [0.5, 0.6) is 0 Å². The average Bonchev–Trinajstić information content (AvgIpc) is 3.49. The summed E-state index contributed by atoms with van der Waals surface area (Å²) in [6.45, 7) is 0. The molecule has 0 radical (unpaired) electrons. The molecule has 0 aliphatic heterocycles. The first kappa shape index (κ1) is 30.4. The Hall–Kier alpha value is -6.28. The molecule has 14 heteroatoms. The highest BCUT2D eigenvalue weighted by Gasteiger charge is 2.32. The van der Waals surface area contributed by atoms with E-state index in [1.54, 1.807) is 12.4 Å². The van der Waals surface area contributed by atoms with E-state index >= 15 is 0 Å². The molecule has 0 saturated carbocycles. The molecule has 234 valence electrons. The van der Waals surface area contributed by atoms with Gasteiger partial charge in [-0.3, -0.25) is 0 Å². The Kier molecular flexibility index (Phi) is 6.73. The highest BCUT2D eigenvalue weighted by molar-refractivity contribution is 6.15. The smallest absolute Gasteiger partial charge is 0.241 e. The predicted octanol–water partition coefficient (Wildman–Crippen LogP) is 8.38. The van der Waals surface area contributed by atoms with Crippen LogP contribution in [-0.4, -0.2) is 9.97 Å². The molecule has 0 N–H and O–H groups in total. The molecule has 0 unspecified atom stereocenters. The average molecular weight is 656 g/mol. The lowest BCUT2D eigenvalue weighted by Crippen LogP contribution is -2.05. The van der Waals surface area contributed by atoms with Gasteiger partial charge in [-0.15, -0.1) is 0 Å². The molecule has 1 aromatic heterocycles. The third-order valence-corrected chi connectivity index (χ3v) is 7.84. The molecule has 0 amide bonds. The first-order valence-corrected chi connectivity index (χ1v) is 13.7. The van der Waals surface area contributed by atoms with Crippen molar-refractivity contribution in [3.8, 4) is 34.6 Å². The summed E-state index contributed by atoms with van der Waals surface area (Å²) in [5, 5.41) is 20.4. The Labute approximate surface area is 262 Å². The van der Waals surface area contributed by atoms with Crippen molar-refractivity contribution in [1.82, 2.24) is 9.97 Å². The van der Waals surface area contributed by atoms with Crippen LogP contribution >= 0.6 is 0 Å². The van der Waals surface area contributed by atoms with Crippen LogP contribution in [0.15, 0.2) is 82.8 Å². The van der Waals surface area contributed by atoms with Crippen LogP contribution < -0.4 is 10.7 Å². The third kappa shape index (κ3) is 4.95. The number of fused-ring (bicyclic) bond motifs is 6. The van der Waals surface area contributed by atoms with Gasteiger partial charge in [0.1, 0.15) is 33.4 Å². The molecular formula is C34H12F8N6. The fourth-order valence-corrected chi connectivity index (χ4v) is 5.82. The van der Waals surface area contributed by atoms with Crippen molar-refractivity contribution in [3.05, 3.63) is 106 Å². The quantitative estimate of drug-likeness (QED) is 0.138. The zero-order chi connectivity index (χ0) is 34.1. The van der Waals surface area contributed by atoms with Gasteiger partial charge in [-0.05, 0) is 70.8 Å². The normalized spacial score (nSPS) is 13.2. The van der Waals surface area contributed by atoms with Gasteiger partial charge in [0.25, 0.3) is 0 Å². The Morgan fingerprint density at radius 3 is 1.23 bits per heavy atom. The number of aromatic nitrogens is 2. The van der Waals surface area contributed by atoms with Crippen LogP contribution in [0.25, 0.3) is 65.9 Å². The van der Waals surface area contributed by atoms with Crippen molar-refractivity contribution in [2.75, 3.05) is 0 Å². The van der Waals surface area contributed by atoms with Crippen LogP contribution in [0.1, 0.15) is 11.1 Å². The summed E-state index contributed by atoms with van der Waals surface area (Å²) in [7, 11) is 0. The van der Waals surface area contributed by atoms with Crippen molar-refractivity contribution in [1.29, 1.82) is 10.5 Å². The largest absolute Gasteiger partial charge is 0.416 e. The van der Waals surface area contributed by atoms with E-state index in [4.69, 9.17) is 9.97 Å². The minimum atomic E-state index is -4.80. The Morgan fingerprint density at radius 1 is 0.479 bits per heavy atom. The van der Waals surface area contributed by atoms with Crippen molar-refractivity contribution >= 4 is 43.6 Å². The molecule has 0 bridgehead atoms. The topological polar surface area (TPSA) is 98.1 Å². The highest BCUT2D eigenvalue weighted by Crippen LogP contribution is 2.37. The first-order chi connectivity index (χ1) is 22.8. The minimum Gasteiger partial charge on any atom is -0.241 e. The zero-order valence-corrected chi connectivity index (χ0v) is 23.6. The summed E-state index contributed by atoms with van der Waals surface area (Å²) in [6.07, 6.45) is -6.23. The van der Waals surface area contributed by atoms with E-state index in [0.717, 1.165) is 24.3 Å². The number of nitrogens with zero attached hydrogens (tertiary/aromatic N) is 6. The molecule has 0 spiro atoms. The van der Waals surface area contributed by atoms with E-state index in [0.29, 0.717) is 22.9 Å². The van der Waals surface area contributed by atoms with Gasteiger partial charge in [0.05, 0.1) is 22.2 Å². The number of hydrogen-bond donors (Lipinski definition) is 0. The van der Waals surface area contributed by atoms with Crippen molar-refractivity contribution in [2.45, 2.75) is 12.4 Å². The van der Waals surface area contributed by atoms with Gasteiger partial charge in [0.15, 0.2) is 0 Å². The molecule has 0 atom stereocenters. The van der Waals surface area contributed by atoms with Gasteiger partial charge in [0.2, 0.25) is 12.4 Å². The molecule has 1 heterocycles. The maximum Gasteiger partial charge on any atom is 0.416 e. The molecule has 0 aliphatic carbocycles. The molecule has 6 nitrogen and oxygen atoms in total. The Bertz CT molecular complexity index is 2520. The lowest BCUT2D eigenvalue weighted by atomic mass is 10.0. The Morgan fingerprint density at radius 2 is 0.875 bits per heavy atom. The molecule has 0 saturated heterocycles. The monoisotopic (exact) mass is 656 g/mol. The highest BCUT2D eigenvalue weighted by atomic mass is 19.4. The van der Waals surface area contributed by atoms with Gasteiger partial charge in [-0.2, -0.15) is 46.9 Å². The van der Waals surface area contributed by atoms with Crippen LogP contribution in [0.4, 0.5) is 35.1 Å². The van der Waals surface area contributed by atoms with Gasteiger partial charge in [-0.1, -0.05) is 24.3 Å². The van der Waals surface area contributed by atoms with Crippen molar-refractivity contribution in [3.63, 3.8) is 0 Å². The third-order valence-electron chi connectivity index (χ3n) is 7.84. The lowest BCUT2D eigenvalue weighted by Gasteiger charge is -2.10. The number of benzene rings is 4. The number of rotatable bonds is 2. The molecule has 7 aromatic rings. The standard InChI is InChI=1S/C34H12F8N6/c35-21-7-17(5-19(11-21)33(37,38)39)15-1-3-23-25(9-15)27(45-13-43)31-29(23)47-32-28(46-14-44)26-10-16(2-4-24(26)30(32)48-31)18-6-20(34(40,41)42)12-22(36)8-18/h1-12H/b45-27-,46-28+. The van der Waals surface area contributed by atoms with Crippen LogP contribution in [0.2, 0.25) is 0 Å². The maximum absolute atomic E-state index is 14.2.